The molecular weight excluding hydrogens is 447 g/mol. The van der Waals surface area contributed by atoms with E-state index in [-0.39, 0.29) is 0 Å². The van der Waals surface area contributed by atoms with Gasteiger partial charge < -0.3 is 0 Å². The van der Waals surface area contributed by atoms with E-state index in [0.29, 0.717) is 0 Å². The fourth-order valence-corrected chi connectivity index (χ4v) is 1.29. The number of alkyl halides is 17. The van der Waals surface area contributed by atoms with E-state index in [1.807, 2.05) is 0 Å². The Balaban J connectivity index is 6.65. The molecule has 163 valence electrons. The molecule has 0 unspecified atom stereocenters. The molecule has 0 saturated carbocycles. The van der Waals surface area contributed by atoms with Crippen LogP contribution >= 0.6 is 0 Å². The highest BCUT2D eigenvalue weighted by Crippen LogP contribution is 2.63. The van der Waals surface area contributed by atoms with Crippen LogP contribution in [0.15, 0.2) is 0 Å². The summed E-state index contributed by atoms with van der Waals surface area (Å²) in [7, 11) is 0. The van der Waals surface area contributed by atoms with Crippen molar-refractivity contribution in [3.8, 4) is 0 Å². The molecule has 27 heavy (non-hydrogen) atoms. The Labute approximate surface area is 135 Å². The minimum atomic E-state index is -8.66. The summed E-state index contributed by atoms with van der Waals surface area (Å²) >= 11 is 0. The van der Waals surface area contributed by atoms with Gasteiger partial charge in [-0.1, -0.05) is 0 Å². The van der Waals surface area contributed by atoms with Crippen molar-refractivity contribution in [2.45, 2.75) is 47.6 Å². The molecular formula is C9H2F17O. The molecule has 0 amide bonds. The third kappa shape index (κ3) is 3.06. The molecule has 0 aromatic rings. The molecule has 0 saturated heterocycles. The molecule has 0 atom stereocenters. The minimum Gasteiger partial charge on any atom is -0.230 e. The molecule has 0 aliphatic heterocycles. The van der Waals surface area contributed by atoms with Gasteiger partial charge in [-0.3, -0.25) is 0 Å². The zero-order valence-corrected chi connectivity index (χ0v) is 11.5. The highest BCUT2D eigenvalue weighted by molar-refractivity contribution is 5.14. The number of halogens is 17. The van der Waals surface area contributed by atoms with Gasteiger partial charge in [0.05, 0.1) is 0 Å². The van der Waals surface area contributed by atoms with Crippen molar-refractivity contribution < 1.29 is 79.7 Å². The van der Waals surface area contributed by atoms with Crippen LogP contribution < -0.4 is 0 Å². The van der Waals surface area contributed by atoms with Crippen LogP contribution in [0.25, 0.3) is 0 Å². The SMILES string of the molecule is [O]CC(F)(F)C(F)(F)C(F)(F)C(F)(F)C(F)(F)C(F)(F)C(F)(F)C(F)(F)F. The molecule has 0 aromatic heterocycles. The summed E-state index contributed by atoms with van der Waals surface area (Å²) in [5.41, 5.74) is 0. The summed E-state index contributed by atoms with van der Waals surface area (Å²) in [5, 5.41) is 9.70. The Morgan fingerprint density at radius 2 is 0.593 bits per heavy atom. The maximum absolute atomic E-state index is 13.0. The summed E-state index contributed by atoms with van der Waals surface area (Å²) in [5.74, 6) is -57.1. The van der Waals surface area contributed by atoms with E-state index in [0.717, 1.165) is 0 Å². The highest BCUT2D eigenvalue weighted by atomic mass is 19.4. The van der Waals surface area contributed by atoms with E-state index in [2.05, 4.69) is 0 Å². The second-order valence-electron chi connectivity index (χ2n) is 4.79. The van der Waals surface area contributed by atoms with E-state index >= 15 is 0 Å². The lowest BCUT2D eigenvalue weighted by Crippen LogP contribution is -2.74. The van der Waals surface area contributed by atoms with Crippen LogP contribution in [0.5, 0.6) is 0 Å². The lowest BCUT2D eigenvalue weighted by Gasteiger charge is -2.42. The first-order valence-electron chi connectivity index (χ1n) is 5.60. The molecule has 1 radical (unpaired) electrons. The van der Waals surface area contributed by atoms with Crippen molar-refractivity contribution in [1.29, 1.82) is 0 Å². The topological polar surface area (TPSA) is 19.9 Å². The van der Waals surface area contributed by atoms with Gasteiger partial charge in [-0.05, 0) is 0 Å². The summed E-state index contributed by atoms with van der Waals surface area (Å²) in [6.07, 6.45) is -7.78. The summed E-state index contributed by atoms with van der Waals surface area (Å²) in [6.45, 7) is -3.70. The van der Waals surface area contributed by atoms with E-state index in [1.165, 1.54) is 0 Å². The maximum atomic E-state index is 13.0. The Morgan fingerprint density at radius 1 is 0.370 bits per heavy atom. The van der Waals surface area contributed by atoms with Gasteiger partial charge in [0, 0.05) is 0 Å². The summed E-state index contributed by atoms with van der Waals surface area (Å²) in [6, 6.07) is 0. The Morgan fingerprint density at radius 3 is 0.815 bits per heavy atom. The predicted octanol–water partition coefficient (Wildman–Crippen LogP) is 5.43. The van der Waals surface area contributed by atoms with E-state index in [1.54, 1.807) is 0 Å². The quantitative estimate of drug-likeness (QED) is 0.463. The van der Waals surface area contributed by atoms with Crippen molar-refractivity contribution in [3.63, 3.8) is 0 Å². The fourth-order valence-electron chi connectivity index (χ4n) is 1.29. The van der Waals surface area contributed by atoms with Crippen molar-refractivity contribution in [1.82, 2.24) is 0 Å². The van der Waals surface area contributed by atoms with Gasteiger partial charge in [0.2, 0.25) is 0 Å². The van der Waals surface area contributed by atoms with Crippen LogP contribution in [-0.2, 0) is 5.11 Å². The van der Waals surface area contributed by atoms with Gasteiger partial charge in [0.1, 0.15) is 0 Å². The van der Waals surface area contributed by atoms with Crippen LogP contribution in [0.2, 0.25) is 0 Å². The van der Waals surface area contributed by atoms with Gasteiger partial charge in [0.25, 0.3) is 0 Å². The van der Waals surface area contributed by atoms with Gasteiger partial charge in [0.15, 0.2) is 6.61 Å². The second-order valence-corrected chi connectivity index (χ2v) is 4.79. The first-order valence-corrected chi connectivity index (χ1v) is 5.60. The lowest BCUT2D eigenvalue weighted by atomic mass is 9.89. The third-order valence-corrected chi connectivity index (χ3v) is 2.97. The Kier molecular flexibility index (Phi) is 5.85. The van der Waals surface area contributed by atoms with Crippen LogP contribution in [-0.4, -0.2) is 54.2 Å². The van der Waals surface area contributed by atoms with Crippen LogP contribution in [0.4, 0.5) is 74.6 Å². The van der Waals surface area contributed by atoms with Crippen molar-refractivity contribution in [2.75, 3.05) is 6.61 Å². The van der Waals surface area contributed by atoms with Crippen molar-refractivity contribution >= 4 is 0 Å². The average Bonchev–Trinajstić information content (AvgIpc) is 2.44. The lowest BCUT2D eigenvalue weighted by molar-refractivity contribution is -0.462. The smallest absolute Gasteiger partial charge is 0.230 e. The zero-order valence-electron chi connectivity index (χ0n) is 11.5. The first kappa shape index (κ1) is 25.8. The molecule has 0 spiro atoms. The van der Waals surface area contributed by atoms with Gasteiger partial charge >= 0.3 is 47.6 Å². The standard InChI is InChI=1S/C9H2F17O/c10-2(11,1-27)3(12,13)4(14,15)5(16,17)6(18,19)7(20,21)8(22,23)9(24,25)26/h1H2. The summed E-state index contributed by atoms with van der Waals surface area (Å²) in [4.78, 5) is 0. The largest absolute Gasteiger partial charge is 0.460 e. The third-order valence-electron chi connectivity index (χ3n) is 2.97. The van der Waals surface area contributed by atoms with Gasteiger partial charge in [-0.15, -0.1) is 0 Å². The van der Waals surface area contributed by atoms with Crippen LogP contribution in [0, 0.1) is 0 Å². The molecule has 0 N–H and O–H groups in total. The molecule has 0 bridgehead atoms. The number of hydrogen-bond acceptors (Lipinski definition) is 0. The molecule has 0 aliphatic rings. The van der Waals surface area contributed by atoms with Gasteiger partial charge in [-0.25, -0.2) is 5.11 Å². The molecule has 1 nitrogen and oxygen atoms in total. The monoisotopic (exact) mass is 449 g/mol. The second kappa shape index (κ2) is 6.13. The normalized spacial score (nSPS) is 16.7. The molecule has 0 heterocycles. The van der Waals surface area contributed by atoms with Crippen molar-refractivity contribution in [2.24, 2.45) is 0 Å². The maximum Gasteiger partial charge on any atom is 0.460 e. The molecule has 18 heteroatoms. The minimum absolute atomic E-state index is 3.70. The first-order chi connectivity index (χ1) is 11.3. The fraction of sp³-hybridized carbons (Fsp3) is 1.00. The number of rotatable bonds is 7. The number of hydrogen-bond donors (Lipinski definition) is 0. The van der Waals surface area contributed by atoms with Crippen molar-refractivity contribution in [3.05, 3.63) is 0 Å². The van der Waals surface area contributed by atoms with Gasteiger partial charge in [-0.2, -0.15) is 74.6 Å². The van der Waals surface area contributed by atoms with E-state index in [4.69, 9.17) is 0 Å². The predicted molar refractivity (Wildman–Crippen MR) is 46.2 cm³/mol. The molecule has 0 aliphatic carbocycles. The Hall–Kier alpha value is -1.23. The van der Waals surface area contributed by atoms with E-state index < -0.39 is 54.2 Å². The molecule has 0 fully saturated rings. The summed E-state index contributed by atoms with van der Waals surface area (Å²) < 4.78 is 213. The molecule has 0 rings (SSSR count). The van der Waals surface area contributed by atoms with Crippen LogP contribution in [0.3, 0.4) is 0 Å². The molecule has 0 aromatic carbocycles. The zero-order chi connectivity index (χ0) is 22.7. The highest BCUT2D eigenvalue weighted by Gasteiger charge is 2.95. The van der Waals surface area contributed by atoms with E-state index in [9.17, 15) is 79.7 Å². The van der Waals surface area contributed by atoms with Crippen LogP contribution in [0.1, 0.15) is 0 Å². The Bertz CT molecular complexity index is 543. The average molecular weight is 449 g/mol.